The summed E-state index contributed by atoms with van der Waals surface area (Å²) >= 11 is 0. The van der Waals surface area contributed by atoms with Crippen LogP contribution in [0.1, 0.15) is 0 Å². The van der Waals surface area contributed by atoms with Gasteiger partial charge in [0, 0.05) is 83.2 Å². The fourth-order valence-corrected chi connectivity index (χ4v) is 10.8. The molecule has 13 aromatic rings. The number of anilines is 4. The van der Waals surface area contributed by atoms with Gasteiger partial charge < -0.3 is 18.9 Å². The molecule has 0 amide bonds. The topological polar surface area (TPSA) is 33.0 Å². The molecule has 0 aliphatic carbocycles. The molecule has 6 heteroatoms. The molecule has 4 heterocycles. The second-order valence-electron chi connectivity index (χ2n) is 17.9. The van der Waals surface area contributed by atoms with Crippen molar-refractivity contribution in [3.8, 4) is 44.9 Å². The fourth-order valence-electron chi connectivity index (χ4n) is 10.8. The molecule has 1 aliphatic heterocycles. The number of hydrogen-bond donors (Lipinski definition) is 0. The number of fused-ring (bicyclic) bond motifs is 11. The molecule has 5 nitrogen and oxygen atoms in total. The second-order valence-corrected chi connectivity index (χ2v) is 17.9. The van der Waals surface area contributed by atoms with Gasteiger partial charge in [0.2, 0.25) is 0 Å². The van der Waals surface area contributed by atoms with Crippen LogP contribution >= 0.6 is 0 Å². The van der Waals surface area contributed by atoms with Gasteiger partial charge in [-0.15, -0.1) is 48.1 Å². The number of hydrogen-bond acceptors (Lipinski definition) is 4. The summed E-state index contributed by atoms with van der Waals surface area (Å²) in [7, 11) is 0. The van der Waals surface area contributed by atoms with Gasteiger partial charge in [0.1, 0.15) is 5.65 Å². The number of aromatic nitrogens is 2. The third-order valence-corrected chi connectivity index (χ3v) is 13.9. The van der Waals surface area contributed by atoms with Crippen LogP contribution in [0.2, 0.25) is 0 Å². The van der Waals surface area contributed by atoms with E-state index in [1.54, 1.807) is 0 Å². The summed E-state index contributed by atoms with van der Waals surface area (Å²) in [5.41, 5.74) is 13.6. The van der Waals surface area contributed by atoms with E-state index in [4.69, 9.17) is 9.72 Å². The van der Waals surface area contributed by atoms with E-state index in [9.17, 15) is 0 Å². The molecule has 14 rings (SSSR count). The maximum atomic E-state index is 6.84. The van der Waals surface area contributed by atoms with Gasteiger partial charge in [0.05, 0.1) is 0 Å². The molecule has 3 aromatic heterocycles. The van der Waals surface area contributed by atoms with Gasteiger partial charge in [-0.25, -0.2) is 4.98 Å². The molecule has 0 unspecified atom stereocenters. The monoisotopic (exact) mass is 1100 g/mol. The number of ether oxygens (including phenoxy) is 1. The van der Waals surface area contributed by atoms with Gasteiger partial charge >= 0.3 is 0 Å². The Bertz CT molecular complexity index is 4190. The molecular weight excluding hydrogens is 1060 g/mol. The van der Waals surface area contributed by atoms with Gasteiger partial charge in [-0.2, -0.15) is 12.1 Å². The smallest absolute Gasteiger partial charge is 0.143 e. The van der Waals surface area contributed by atoms with E-state index in [0.717, 1.165) is 99.7 Å². The molecule has 0 saturated heterocycles. The third-order valence-electron chi connectivity index (χ3n) is 13.9. The number of pyridine rings is 1. The Labute approximate surface area is 431 Å². The van der Waals surface area contributed by atoms with Crippen molar-refractivity contribution in [3.63, 3.8) is 0 Å². The van der Waals surface area contributed by atoms with Crippen molar-refractivity contribution in [2.24, 2.45) is 0 Å². The van der Waals surface area contributed by atoms with Crippen LogP contribution in [-0.2, 0) is 21.1 Å². The molecule has 0 radical (unpaired) electrons. The molecule has 1 aliphatic rings. The van der Waals surface area contributed by atoms with Gasteiger partial charge in [0.25, 0.3) is 0 Å². The zero-order chi connectivity index (χ0) is 46.8. The van der Waals surface area contributed by atoms with Crippen molar-refractivity contribution in [2.45, 2.75) is 0 Å². The first-order chi connectivity index (χ1) is 35.2. The minimum atomic E-state index is 0. The summed E-state index contributed by atoms with van der Waals surface area (Å²) in [4.78, 5) is 9.71. The van der Waals surface area contributed by atoms with Crippen LogP contribution in [0.3, 0.4) is 0 Å². The number of para-hydroxylation sites is 2. The van der Waals surface area contributed by atoms with Crippen LogP contribution in [0.15, 0.2) is 243 Å². The Morgan fingerprint density at radius 3 is 1.61 bits per heavy atom. The van der Waals surface area contributed by atoms with Gasteiger partial charge in [-0.05, 0) is 73.5 Å². The molecular formula is C66H41N4OPt-3. The van der Waals surface area contributed by atoms with Crippen LogP contribution in [0, 0.1) is 18.8 Å². The quantitative estimate of drug-likeness (QED) is 0.149. The fraction of sp³-hybridized carbons (Fsp3) is 0. The standard InChI is InChI=1S/C66H41N4O.Pt/c1-4-18-44(19-5-1)47-35-38-61-63(40-47)69(64-51(45-20-6-2-7-21-45)30-15-31-52(64)46-22-8-3-9-23-46)43-68(61)48-24-14-25-49(41-48)71-50-36-37-57-59-33-16-32-58-55-28-12-10-26-53(55)54-27-11-13-29-56(54)60-34-17-39-67-66(60)70(65(58)59)62(57)42-50;/h1-40,43H;/q-3;. The largest absolute Gasteiger partial charge is 0.509 e. The predicted molar refractivity (Wildman–Crippen MR) is 293 cm³/mol. The first-order valence-corrected chi connectivity index (χ1v) is 23.9. The zero-order valence-corrected chi connectivity index (χ0v) is 41.0. The second kappa shape index (κ2) is 17.9. The van der Waals surface area contributed by atoms with Crippen molar-refractivity contribution < 1.29 is 25.8 Å². The Morgan fingerprint density at radius 1 is 0.389 bits per heavy atom. The number of nitrogens with zero attached hydrogens (tertiary/aromatic N) is 4. The Kier molecular flexibility index (Phi) is 10.7. The minimum Gasteiger partial charge on any atom is -0.509 e. The predicted octanol–water partition coefficient (Wildman–Crippen LogP) is 17.5. The van der Waals surface area contributed by atoms with Crippen LogP contribution < -0.4 is 14.5 Å². The number of rotatable bonds is 7. The maximum absolute atomic E-state index is 6.84. The summed E-state index contributed by atoms with van der Waals surface area (Å²) in [6.07, 6.45) is 1.88. The number of benzene rings is 10. The van der Waals surface area contributed by atoms with Crippen LogP contribution in [-0.4, -0.2) is 9.38 Å². The molecule has 0 fully saturated rings. The average Bonchev–Trinajstić information content (AvgIpc) is 4.00. The van der Waals surface area contributed by atoms with Crippen molar-refractivity contribution in [2.75, 3.05) is 9.80 Å². The van der Waals surface area contributed by atoms with E-state index in [-0.39, 0.29) is 21.1 Å². The van der Waals surface area contributed by atoms with Crippen molar-refractivity contribution in [3.05, 3.63) is 262 Å². The van der Waals surface area contributed by atoms with E-state index in [2.05, 4.69) is 245 Å². The average molecular weight is 1100 g/mol. The summed E-state index contributed by atoms with van der Waals surface area (Å²) in [5, 5.41) is 9.01. The first kappa shape index (κ1) is 43.3. The van der Waals surface area contributed by atoms with Gasteiger partial charge in [-0.3, -0.25) is 0 Å². The summed E-state index contributed by atoms with van der Waals surface area (Å²) < 4.78 is 9.13. The van der Waals surface area contributed by atoms with E-state index >= 15 is 0 Å². The van der Waals surface area contributed by atoms with E-state index in [1.807, 2.05) is 30.5 Å². The van der Waals surface area contributed by atoms with Crippen molar-refractivity contribution in [1.82, 2.24) is 9.38 Å². The van der Waals surface area contributed by atoms with Crippen LogP contribution in [0.5, 0.6) is 11.5 Å². The summed E-state index contributed by atoms with van der Waals surface area (Å²) in [6.45, 7) is 2.20. The molecule has 0 saturated carbocycles. The molecule has 10 aromatic carbocycles. The Hall–Kier alpha value is -8.76. The van der Waals surface area contributed by atoms with Gasteiger partial charge in [-0.1, -0.05) is 188 Å². The SMILES string of the molecule is [Pt].[c-]1c(Oc2[c-]c3c(cc2)c2cccc4c5ccccc5c5ccccc5c5cccnc5n3c42)cccc1N1[CH-]N(c2c(-c3ccccc3)cccc2-c2ccccc2)c2cc(-c3ccccc3)ccc21. The third kappa shape index (κ3) is 7.15. The molecule has 72 heavy (non-hydrogen) atoms. The van der Waals surface area contributed by atoms with Crippen molar-refractivity contribution in [1.29, 1.82) is 0 Å². The Balaban J connectivity index is 0.00000504. The van der Waals surface area contributed by atoms with Crippen LogP contribution in [0.4, 0.5) is 22.7 Å². The molecule has 0 spiro atoms. The molecule has 0 atom stereocenters. The minimum absolute atomic E-state index is 0. The summed E-state index contributed by atoms with van der Waals surface area (Å²) in [5.74, 6) is 1.15. The van der Waals surface area contributed by atoms with E-state index in [0.29, 0.717) is 11.5 Å². The van der Waals surface area contributed by atoms with E-state index < -0.39 is 0 Å². The Morgan fingerprint density at radius 2 is 0.931 bits per heavy atom. The molecule has 0 N–H and O–H groups in total. The van der Waals surface area contributed by atoms with E-state index in [1.165, 1.54) is 16.2 Å². The zero-order valence-electron chi connectivity index (χ0n) is 38.7. The van der Waals surface area contributed by atoms with Gasteiger partial charge in [0.15, 0.2) is 0 Å². The maximum Gasteiger partial charge on any atom is 0.143 e. The van der Waals surface area contributed by atoms with Crippen molar-refractivity contribution >= 4 is 82.5 Å². The molecule has 344 valence electrons. The summed E-state index contributed by atoms with van der Waals surface area (Å²) in [6, 6.07) is 91.1. The molecule has 0 bridgehead atoms. The first-order valence-electron chi connectivity index (χ1n) is 23.9. The van der Waals surface area contributed by atoms with Crippen LogP contribution in [0.25, 0.3) is 93.2 Å². The normalized spacial score (nSPS) is 12.2.